The third kappa shape index (κ3) is 3.31. The van der Waals surface area contributed by atoms with Crippen molar-refractivity contribution in [2.45, 2.75) is 18.9 Å². The summed E-state index contributed by atoms with van der Waals surface area (Å²) in [6.07, 6.45) is 2.45. The zero-order valence-electron chi connectivity index (χ0n) is 13.8. The summed E-state index contributed by atoms with van der Waals surface area (Å²) in [5.41, 5.74) is 7.89. The van der Waals surface area contributed by atoms with E-state index in [0.717, 1.165) is 36.3 Å². The maximum Gasteiger partial charge on any atom is 0.142 e. The second kappa shape index (κ2) is 6.75. The Morgan fingerprint density at radius 2 is 1.73 bits per heavy atom. The van der Waals surface area contributed by atoms with E-state index in [0.29, 0.717) is 0 Å². The lowest BCUT2D eigenvalue weighted by Gasteiger charge is -2.42. The fourth-order valence-electron chi connectivity index (χ4n) is 3.61. The Hall–Kier alpha value is -1.46. The molecule has 0 bridgehead atoms. The molecule has 22 heavy (non-hydrogen) atoms. The highest BCUT2D eigenvalue weighted by molar-refractivity contribution is 5.65. The number of methoxy groups -OCH3 is 1. The zero-order chi connectivity index (χ0) is 15.5. The van der Waals surface area contributed by atoms with Gasteiger partial charge in [0.25, 0.3) is 0 Å². The highest BCUT2D eigenvalue weighted by Gasteiger charge is 2.27. The van der Waals surface area contributed by atoms with E-state index < -0.39 is 0 Å². The molecule has 0 aliphatic carbocycles. The van der Waals surface area contributed by atoms with Crippen LogP contribution in [-0.2, 0) is 0 Å². The van der Waals surface area contributed by atoms with E-state index in [-0.39, 0.29) is 0 Å². The Morgan fingerprint density at radius 1 is 1.05 bits per heavy atom. The molecule has 1 aromatic rings. The van der Waals surface area contributed by atoms with Crippen molar-refractivity contribution < 1.29 is 4.74 Å². The number of likely N-dealkylation sites (N-methyl/N-ethyl adjacent to an activating group) is 1. The molecular weight excluding hydrogens is 276 g/mol. The number of anilines is 2. The van der Waals surface area contributed by atoms with Crippen LogP contribution in [0, 0.1) is 0 Å². The van der Waals surface area contributed by atoms with Gasteiger partial charge in [0, 0.05) is 51.0 Å². The van der Waals surface area contributed by atoms with Crippen molar-refractivity contribution in [1.82, 2.24) is 9.80 Å². The lowest BCUT2D eigenvalue weighted by Crippen LogP contribution is -2.52. The smallest absolute Gasteiger partial charge is 0.142 e. The molecule has 0 spiro atoms. The van der Waals surface area contributed by atoms with Gasteiger partial charge in [-0.15, -0.1) is 0 Å². The first-order valence-electron chi connectivity index (χ1n) is 8.28. The first kappa shape index (κ1) is 15.4. The van der Waals surface area contributed by atoms with Crippen LogP contribution >= 0.6 is 0 Å². The Bertz CT molecular complexity index is 491. The summed E-state index contributed by atoms with van der Waals surface area (Å²) < 4.78 is 5.50. The number of nitrogens with zero attached hydrogens (tertiary/aromatic N) is 3. The molecule has 0 saturated carbocycles. The van der Waals surface area contributed by atoms with Crippen molar-refractivity contribution in [2.75, 3.05) is 64.1 Å². The van der Waals surface area contributed by atoms with E-state index >= 15 is 0 Å². The summed E-state index contributed by atoms with van der Waals surface area (Å²) in [5, 5.41) is 0. The van der Waals surface area contributed by atoms with Crippen LogP contribution in [0.3, 0.4) is 0 Å². The first-order valence-corrected chi connectivity index (χ1v) is 8.28. The van der Waals surface area contributed by atoms with E-state index in [1.807, 2.05) is 18.2 Å². The molecule has 5 nitrogen and oxygen atoms in total. The number of nitrogens with two attached hydrogens (primary N) is 1. The SMILES string of the molecule is COc1ccc(N)cc1N1CCC(N2CCN(C)CC2)CC1. The average Bonchev–Trinajstić information content (AvgIpc) is 2.56. The highest BCUT2D eigenvalue weighted by Crippen LogP contribution is 2.33. The number of hydrogen-bond donors (Lipinski definition) is 1. The lowest BCUT2D eigenvalue weighted by atomic mass is 10.0. The van der Waals surface area contributed by atoms with Gasteiger partial charge in [-0.3, -0.25) is 4.90 Å². The molecule has 5 heteroatoms. The first-order chi connectivity index (χ1) is 10.7. The van der Waals surface area contributed by atoms with Crippen molar-refractivity contribution in [2.24, 2.45) is 0 Å². The van der Waals surface area contributed by atoms with E-state index in [1.54, 1.807) is 7.11 Å². The third-order valence-corrected chi connectivity index (χ3v) is 5.06. The minimum Gasteiger partial charge on any atom is -0.495 e. The molecule has 3 rings (SSSR count). The van der Waals surface area contributed by atoms with Crippen molar-refractivity contribution in [1.29, 1.82) is 0 Å². The molecule has 1 aromatic carbocycles. The van der Waals surface area contributed by atoms with Crippen LogP contribution in [-0.4, -0.2) is 69.3 Å². The van der Waals surface area contributed by atoms with Gasteiger partial charge in [-0.25, -0.2) is 0 Å². The number of nitrogen functional groups attached to an aromatic ring is 1. The predicted octanol–water partition coefficient (Wildman–Crippen LogP) is 1.49. The molecule has 2 saturated heterocycles. The monoisotopic (exact) mass is 304 g/mol. The van der Waals surface area contributed by atoms with Gasteiger partial charge in [0.2, 0.25) is 0 Å². The number of hydrogen-bond acceptors (Lipinski definition) is 5. The largest absolute Gasteiger partial charge is 0.495 e. The third-order valence-electron chi connectivity index (χ3n) is 5.06. The summed E-state index contributed by atoms with van der Waals surface area (Å²) in [4.78, 5) is 7.51. The molecule has 2 aliphatic heterocycles. The molecule has 2 fully saturated rings. The van der Waals surface area contributed by atoms with Crippen molar-refractivity contribution in [3.05, 3.63) is 18.2 Å². The molecule has 0 amide bonds. The van der Waals surface area contributed by atoms with Crippen LogP contribution in [0.2, 0.25) is 0 Å². The summed E-state index contributed by atoms with van der Waals surface area (Å²) in [7, 11) is 3.94. The normalized spacial score (nSPS) is 22.0. The molecule has 2 N–H and O–H groups in total. The van der Waals surface area contributed by atoms with Crippen LogP contribution < -0.4 is 15.4 Å². The molecule has 2 heterocycles. The van der Waals surface area contributed by atoms with Gasteiger partial charge < -0.3 is 20.3 Å². The number of ether oxygens (including phenoxy) is 1. The zero-order valence-corrected chi connectivity index (χ0v) is 13.8. The van der Waals surface area contributed by atoms with Crippen LogP contribution in [0.1, 0.15) is 12.8 Å². The number of piperidine rings is 1. The fraction of sp³-hybridized carbons (Fsp3) is 0.647. The molecule has 0 radical (unpaired) electrons. The minimum atomic E-state index is 0.733. The Morgan fingerprint density at radius 3 is 2.36 bits per heavy atom. The summed E-state index contributed by atoms with van der Waals surface area (Å²) in [5.74, 6) is 0.923. The Kier molecular flexibility index (Phi) is 4.74. The Balaban J connectivity index is 1.61. The standard InChI is InChI=1S/C17H28N4O/c1-19-9-11-20(12-10-19)15-5-7-21(8-6-15)16-13-14(18)3-4-17(16)22-2/h3-4,13,15H,5-12,18H2,1-2H3. The van der Waals surface area contributed by atoms with Gasteiger partial charge in [-0.2, -0.15) is 0 Å². The molecule has 0 atom stereocenters. The topological polar surface area (TPSA) is 45.0 Å². The number of piperazine rings is 1. The second-order valence-electron chi connectivity index (χ2n) is 6.49. The van der Waals surface area contributed by atoms with Gasteiger partial charge in [0.1, 0.15) is 5.75 Å². The van der Waals surface area contributed by atoms with Crippen molar-refractivity contribution >= 4 is 11.4 Å². The minimum absolute atomic E-state index is 0.733. The van der Waals surface area contributed by atoms with E-state index in [2.05, 4.69) is 21.7 Å². The molecule has 2 aliphatic rings. The molecule has 0 unspecified atom stereocenters. The van der Waals surface area contributed by atoms with Crippen LogP contribution in [0.25, 0.3) is 0 Å². The highest BCUT2D eigenvalue weighted by atomic mass is 16.5. The predicted molar refractivity (Wildman–Crippen MR) is 91.7 cm³/mol. The molecule has 0 aromatic heterocycles. The van der Waals surface area contributed by atoms with Crippen LogP contribution in [0.5, 0.6) is 5.75 Å². The van der Waals surface area contributed by atoms with Crippen molar-refractivity contribution in [3.8, 4) is 5.75 Å². The molecular formula is C17H28N4O. The van der Waals surface area contributed by atoms with Gasteiger partial charge in [-0.1, -0.05) is 0 Å². The summed E-state index contributed by atoms with van der Waals surface area (Å²) in [6.45, 7) is 6.98. The van der Waals surface area contributed by atoms with Crippen LogP contribution in [0.4, 0.5) is 11.4 Å². The van der Waals surface area contributed by atoms with E-state index in [9.17, 15) is 0 Å². The van der Waals surface area contributed by atoms with E-state index in [1.165, 1.54) is 39.0 Å². The quantitative estimate of drug-likeness (QED) is 0.857. The second-order valence-corrected chi connectivity index (χ2v) is 6.49. The maximum absolute atomic E-state index is 5.95. The van der Waals surface area contributed by atoms with E-state index in [4.69, 9.17) is 10.5 Å². The Labute approximate surface area is 133 Å². The number of benzene rings is 1. The lowest BCUT2D eigenvalue weighted by molar-refractivity contribution is 0.0981. The average molecular weight is 304 g/mol. The van der Waals surface area contributed by atoms with Crippen molar-refractivity contribution in [3.63, 3.8) is 0 Å². The maximum atomic E-state index is 5.95. The van der Waals surface area contributed by atoms with Crippen LogP contribution in [0.15, 0.2) is 18.2 Å². The van der Waals surface area contributed by atoms with Gasteiger partial charge in [0.05, 0.1) is 12.8 Å². The summed E-state index contributed by atoms with van der Waals surface area (Å²) in [6, 6.07) is 6.64. The fourth-order valence-corrected chi connectivity index (χ4v) is 3.61. The molecule has 122 valence electrons. The number of rotatable bonds is 3. The van der Waals surface area contributed by atoms with Gasteiger partial charge >= 0.3 is 0 Å². The summed E-state index contributed by atoms with van der Waals surface area (Å²) >= 11 is 0. The van der Waals surface area contributed by atoms with Gasteiger partial charge in [-0.05, 0) is 38.1 Å². The van der Waals surface area contributed by atoms with Gasteiger partial charge in [0.15, 0.2) is 0 Å².